The first-order valence-corrected chi connectivity index (χ1v) is 10.6. The molecule has 0 unspecified atom stereocenters. The smallest absolute Gasteiger partial charge is 0.337 e. The molecule has 0 aromatic heterocycles. The molecule has 7 heteroatoms. The highest BCUT2D eigenvalue weighted by Crippen LogP contribution is 2.15. The molecule has 0 radical (unpaired) electrons. The number of benzene rings is 2. The average molecular weight is 401 g/mol. The van der Waals surface area contributed by atoms with Crippen LogP contribution in [-0.2, 0) is 21.3 Å². The van der Waals surface area contributed by atoms with Gasteiger partial charge in [-0.2, -0.15) is 4.31 Å². The highest BCUT2D eigenvalue weighted by Gasteiger charge is 2.25. The van der Waals surface area contributed by atoms with Crippen LogP contribution in [0, 0.1) is 0 Å². The number of nitrogens with zero attached hydrogens (tertiary/aromatic N) is 2. The Morgan fingerprint density at radius 2 is 1.75 bits per heavy atom. The lowest BCUT2D eigenvalue weighted by Crippen LogP contribution is -2.47. The Morgan fingerprint density at radius 3 is 2.43 bits per heavy atom. The molecule has 0 amide bonds. The maximum atomic E-state index is 12.5. The Balaban J connectivity index is 1.57. The third-order valence-corrected chi connectivity index (χ3v) is 6.24. The Hall–Kier alpha value is -2.48. The van der Waals surface area contributed by atoms with Gasteiger partial charge in [-0.1, -0.05) is 42.5 Å². The first-order valence-electron chi connectivity index (χ1n) is 9.11. The standard InChI is InChI=1S/C21H24N2O4S/c1-27-21(24)20-9-5-8-19(16-20)17-22-11-13-23(14-12-22)28(25,26)15-10-18-6-3-2-4-7-18/h2-10,15-16H,11-14,17H2,1H3/b15-10+. The second-order valence-corrected chi connectivity index (χ2v) is 8.44. The Kier molecular flexibility index (Phi) is 6.61. The highest BCUT2D eigenvalue weighted by atomic mass is 32.2. The predicted molar refractivity (Wildman–Crippen MR) is 109 cm³/mol. The minimum absolute atomic E-state index is 0.358. The SMILES string of the molecule is COC(=O)c1cccc(CN2CCN(S(=O)(=O)/C=C/c3ccccc3)CC2)c1. The van der Waals surface area contributed by atoms with Gasteiger partial charge in [0.2, 0.25) is 10.0 Å². The number of hydrogen-bond donors (Lipinski definition) is 0. The zero-order valence-electron chi connectivity index (χ0n) is 15.8. The van der Waals surface area contributed by atoms with Gasteiger partial charge in [-0.25, -0.2) is 13.2 Å². The first kappa shape index (κ1) is 20.3. The van der Waals surface area contributed by atoms with Crippen LogP contribution in [0.4, 0.5) is 0 Å². The van der Waals surface area contributed by atoms with Crippen molar-refractivity contribution in [3.05, 3.63) is 76.7 Å². The Labute approximate surface area is 166 Å². The molecule has 0 spiro atoms. The van der Waals surface area contributed by atoms with Crippen LogP contribution >= 0.6 is 0 Å². The number of rotatable bonds is 6. The zero-order valence-corrected chi connectivity index (χ0v) is 16.6. The van der Waals surface area contributed by atoms with Crippen molar-refractivity contribution in [2.45, 2.75) is 6.54 Å². The number of methoxy groups -OCH3 is 1. The molecule has 1 heterocycles. The molecule has 0 N–H and O–H groups in total. The molecule has 0 saturated carbocycles. The van der Waals surface area contributed by atoms with Crippen molar-refractivity contribution in [3.63, 3.8) is 0 Å². The number of carbonyl (C=O) groups excluding carboxylic acids is 1. The van der Waals surface area contributed by atoms with Crippen LogP contribution in [-0.4, -0.2) is 56.9 Å². The molecule has 1 fully saturated rings. The summed E-state index contributed by atoms with van der Waals surface area (Å²) in [5, 5.41) is 1.28. The summed E-state index contributed by atoms with van der Waals surface area (Å²) < 4.78 is 31.4. The van der Waals surface area contributed by atoms with Gasteiger partial charge in [0.15, 0.2) is 0 Å². The largest absolute Gasteiger partial charge is 0.465 e. The topological polar surface area (TPSA) is 66.9 Å². The molecule has 2 aromatic carbocycles. The lowest BCUT2D eigenvalue weighted by Gasteiger charge is -2.33. The van der Waals surface area contributed by atoms with Crippen molar-refractivity contribution < 1.29 is 17.9 Å². The fourth-order valence-corrected chi connectivity index (χ4v) is 4.30. The first-order chi connectivity index (χ1) is 13.5. The fraction of sp³-hybridized carbons (Fsp3) is 0.286. The second-order valence-electron chi connectivity index (χ2n) is 6.63. The van der Waals surface area contributed by atoms with Crippen LogP contribution in [0.5, 0.6) is 0 Å². The van der Waals surface area contributed by atoms with Gasteiger partial charge in [0, 0.05) is 38.1 Å². The number of sulfonamides is 1. The van der Waals surface area contributed by atoms with E-state index < -0.39 is 10.0 Å². The van der Waals surface area contributed by atoms with E-state index in [1.165, 1.54) is 16.8 Å². The Morgan fingerprint density at radius 1 is 1.04 bits per heavy atom. The predicted octanol–water partition coefficient (Wildman–Crippen LogP) is 2.59. The lowest BCUT2D eigenvalue weighted by molar-refractivity contribution is 0.0600. The molecule has 3 rings (SSSR count). The van der Waals surface area contributed by atoms with Crippen LogP contribution in [0.15, 0.2) is 60.0 Å². The molecule has 28 heavy (non-hydrogen) atoms. The van der Waals surface area contributed by atoms with Crippen molar-refractivity contribution in [1.82, 2.24) is 9.21 Å². The van der Waals surface area contributed by atoms with E-state index in [1.807, 2.05) is 48.5 Å². The highest BCUT2D eigenvalue weighted by molar-refractivity contribution is 7.92. The van der Waals surface area contributed by atoms with E-state index in [-0.39, 0.29) is 5.97 Å². The summed E-state index contributed by atoms with van der Waals surface area (Å²) >= 11 is 0. The second kappa shape index (κ2) is 9.14. The summed E-state index contributed by atoms with van der Waals surface area (Å²) in [7, 11) is -2.07. The zero-order chi connectivity index (χ0) is 20.0. The van der Waals surface area contributed by atoms with E-state index in [9.17, 15) is 13.2 Å². The Bertz CT molecular complexity index is 934. The summed E-state index contributed by atoms with van der Waals surface area (Å²) in [6.45, 7) is 2.83. The quantitative estimate of drug-likeness (QED) is 0.698. The van der Waals surface area contributed by atoms with Gasteiger partial charge in [0.05, 0.1) is 12.7 Å². The maximum absolute atomic E-state index is 12.5. The molecule has 6 nitrogen and oxygen atoms in total. The number of hydrogen-bond acceptors (Lipinski definition) is 5. The molecule has 2 aromatic rings. The van der Waals surface area contributed by atoms with E-state index in [4.69, 9.17) is 4.74 Å². The molecular formula is C21H24N2O4S. The van der Waals surface area contributed by atoms with Crippen molar-refractivity contribution in [1.29, 1.82) is 0 Å². The molecule has 1 aliphatic rings. The molecule has 0 aliphatic carbocycles. The van der Waals surface area contributed by atoms with Gasteiger partial charge in [-0.3, -0.25) is 4.90 Å². The average Bonchev–Trinajstić information content (AvgIpc) is 2.73. The summed E-state index contributed by atoms with van der Waals surface area (Å²) in [6.07, 6.45) is 1.63. The van der Waals surface area contributed by atoms with Crippen molar-refractivity contribution in [2.24, 2.45) is 0 Å². The van der Waals surface area contributed by atoms with Gasteiger partial charge in [0.25, 0.3) is 0 Å². The molecule has 0 atom stereocenters. The van der Waals surface area contributed by atoms with Crippen LogP contribution in [0.1, 0.15) is 21.5 Å². The normalized spacial score (nSPS) is 16.3. The van der Waals surface area contributed by atoms with E-state index in [1.54, 1.807) is 12.1 Å². The van der Waals surface area contributed by atoms with E-state index in [2.05, 4.69) is 4.90 Å². The molecule has 1 aliphatic heterocycles. The fourth-order valence-electron chi connectivity index (χ4n) is 3.13. The maximum Gasteiger partial charge on any atom is 0.337 e. The number of piperazine rings is 1. The summed E-state index contributed by atoms with van der Waals surface area (Å²) in [6, 6.07) is 16.7. The summed E-state index contributed by atoms with van der Waals surface area (Å²) in [5.74, 6) is -0.358. The molecular weight excluding hydrogens is 376 g/mol. The van der Waals surface area contributed by atoms with E-state index >= 15 is 0 Å². The van der Waals surface area contributed by atoms with Crippen LogP contribution < -0.4 is 0 Å². The number of ether oxygens (including phenoxy) is 1. The van der Waals surface area contributed by atoms with Crippen molar-refractivity contribution in [3.8, 4) is 0 Å². The van der Waals surface area contributed by atoms with Gasteiger partial charge in [0.1, 0.15) is 0 Å². The van der Waals surface area contributed by atoms with Crippen LogP contribution in [0.3, 0.4) is 0 Å². The molecule has 0 bridgehead atoms. The third kappa shape index (κ3) is 5.28. The molecule has 148 valence electrons. The minimum atomic E-state index is -3.43. The van der Waals surface area contributed by atoms with Crippen LogP contribution in [0.2, 0.25) is 0 Å². The van der Waals surface area contributed by atoms with Crippen LogP contribution in [0.25, 0.3) is 6.08 Å². The monoisotopic (exact) mass is 400 g/mol. The van der Waals surface area contributed by atoms with Gasteiger partial charge in [-0.15, -0.1) is 0 Å². The number of carbonyl (C=O) groups is 1. The third-order valence-electron chi connectivity index (χ3n) is 4.68. The summed E-state index contributed by atoms with van der Waals surface area (Å²) in [4.78, 5) is 13.8. The van der Waals surface area contributed by atoms with Gasteiger partial charge >= 0.3 is 5.97 Å². The number of esters is 1. The van der Waals surface area contributed by atoms with Gasteiger partial charge in [-0.05, 0) is 29.3 Å². The van der Waals surface area contributed by atoms with Crippen molar-refractivity contribution in [2.75, 3.05) is 33.3 Å². The molecule has 1 saturated heterocycles. The summed E-state index contributed by atoms with van der Waals surface area (Å²) in [5.41, 5.74) is 2.38. The van der Waals surface area contributed by atoms with E-state index in [0.717, 1.165) is 11.1 Å². The lowest BCUT2D eigenvalue weighted by atomic mass is 10.1. The minimum Gasteiger partial charge on any atom is -0.465 e. The van der Waals surface area contributed by atoms with E-state index in [0.29, 0.717) is 38.3 Å². The van der Waals surface area contributed by atoms with Crippen molar-refractivity contribution >= 4 is 22.1 Å². The van der Waals surface area contributed by atoms with Gasteiger partial charge < -0.3 is 4.74 Å².